The maximum absolute atomic E-state index is 12.2. The van der Waals surface area contributed by atoms with Gasteiger partial charge in [0.2, 0.25) is 12.6 Å². The average Bonchev–Trinajstić information content (AvgIpc) is 1.94. The van der Waals surface area contributed by atoms with Crippen molar-refractivity contribution in [2.45, 2.75) is 25.7 Å². The van der Waals surface area contributed by atoms with E-state index in [4.69, 9.17) is 4.74 Å². The molecule has 0 amide bonds. The highest BCUT2D eigenvalue weighted by molar-refractivity contribution is 4.61. The molecule has 0 aromatic carbocycles. The fourth-order valence-corrected chi connectivity index (χ4v) is 0.695. The molecule has 0 N–H and O–H groups in total. The Balaban J connectivity index is 2.38. The molecule has 1 heterocycles. The maximum atomic E-state index is 12.2. The zero-order valence-electron chi connectivity index (χ0n) is 5.42. The van der Waals surface area contributed by atoms with Crippen molar-refractivity contribution in [2.75, 3.05) is 6.61 Å². The zero-order valence-corrected chi connectivity index (χ0v) is 5.42. The van der Waals surface area contributed by atoms with Crippen molar-refractivity contribution in [2.24, 2.45) is 0 Å². The minimum atomic E-state index is -1.59. The second-order valence-corrected chi connectivity index (χ2v) is 2.04. The van der Waals surface area contributed by atoms with E-state index in [0.717, 1.165) is 0 Å². The van der Waals surface area contributed by atoms with Gasteiger partial charge in [0, 0.05) is 0 Å². The summed E-state index contributed by atoms with van der Waals surface area (Å²) < 4.78 is 32.7. The lowest BCUT2D eigenvalue weighted by atomic mass is 10.3. The third kappa shape index (κ3) is 1.62. The van der Waals surface area contributed by atoms with Crippen LogP contribution in [0.5, 0.6) is 0 Å². The monoisotopic (exact) mass is 154 g/mol. The van der Waals surface area contributed by atoms with Gasteiger partial charge in [-0.15, -0.1) is 0 Å². The van der Waals surface area contributed by atoms with E-state index in [1.807, 2.05) is 0 Å². The molecule has 0 bridgehead atoms. The van der Waals surface area contributed by atoms with E-state index in [0.29, 0.717) is 0 Å². The highest BCUT2D eigenvalue weighted by Crippen LogP contribution is 2.16. The zero-order chi connectivity index (χ0) is 7.56. The molecule has 1 fully saturated rings. The summed E-state index contributed by atoms with van der Waals surface area (Å²) in [5.74, 6) is 0. The summed E-state index contributed by atoms with van der Waals surface area (Å²) in [6.07, 6.45) is -3.38. The molecule has 0 aliphatic carbocycles. The number of hydrogen-bond donors (Lipinski definition) is 0. The Morgan fingerprint density at radius 3 is 2.80 bits per heavy atom. The highest BCUT2D eigenvalue weighted by Gasteiger charge is 2.30. The van der Waals surface area contributed by atoms with Gasteiger partial charge in [-0.2, -0.15) is 4.94 Å². The summed E-state index contributed by atoms with van der Waals surface area (Å²) in [4.78, 5) is 3.29. The van der Waals surface area contributed by atoms with Crippen LogP contribution in [0.25, 0.3) is 0 Å². The molecule has 3 nitrogen and oxygen atoms in total. The molecule has 1 rings (SSSR count). The smallest absolute Gasteiger partial charge is 0.225 e. The summed E-state index contributed by atoms with van der Waals surface area (Å²) in [6.45, 7) is 1.37. The van der Waals surface area contributed by atoms with Crippen molar-refractivity contribution < 1.29 is 23.3 Å². The third-order valence-electron chi connectivity index (χ3n) is 1.24. The minimum Gasteiger partial charge on any atom is -0.367 e. The van der Waals surface area contributed by atoms with Gasteiger partial charge in [-0.05, 0) is 11.4 Å². The van der Waals surface area contributed by atoms with Gasteiger partial charge in [-0.1, -0.05) is 0 Å². The Morgan fingerprint density at radius 2 is 2.30 bits per heavy atom. The number of hydrogen-bond acceptors (Lipinski definition) is 3. The van der Waals surface area contributed by atoms with E-state index >= 15 is 0 Å². The molecular weight excluding hydrogens is 146 g/mol. The van der Waals surface area contributed by atoms with Gasteiger partial charge in [0.25, 0.3) is 0 Å². The number of ether oxygens (including phenoxy) is 2. The van der Waals surface area contributed by atoms with Gasteiger partial charge < -0.3 is 9.47 Å². The van der Waals surface area contributed by atoms with E-state index in [2.05, 4.69) is 9.68 Å². The lowest BCUT2D eigenvalue weighted by Gasteiger charge is -2.27. The summed E-state index contributed by atoms with van der Waals surface area (Å²) >= 11 is 0. The molecule has 10 heavy (non-hydrogen) atoms. The predicted octanol–water partition coefficient (Wildman–Crippen LogP) is 0.944. The molecule has 0 aromatic rings. The molecule has 1 aliphatic rings. The molecule has 3 unspecified atom stereocenters. The largest absolute Gasteiger partial charge is 0.367 e. The van der Waals surface area contributed by atoms with Crippen LogP contribution in [-0.2, 0) is 14.4 Å². The maximum Gasteiger partial charge on any atom is 0.225 e. The molecule has 1 saturated heterocycles. The summed E-state index contributed by atoms with van der Waals surface area (Å²) in [7, 11) is 0. The van der Waals surface area contributed by atoms with Gasteiger partial charge >= 0.3 is 0 Å². The normalized spacial score (nSPS) is 41.7. The summed E-state index contributed by atoms with van der Waals surface area (Å²) in [6, 6.07) is 0. The lowest BCUT2D eigenvalue weighted by molar-refractivity contribution is -0.362. The quantitative estimate of drug-likeness (QED) is 0.562. The highest BCUT2D eigenvalue weighted by atomic mass is 19.3. The van der Waals surface area contributed by atoms with Crippen molar-refractivity contribution in [1.82, 2.24) is 0 Å². The van der Waals surface area contributed by atoms with E-state index < -0.39 is 18.8 Å². The van der Waals surface area contributed by atoms with E-state index in [1.165, 1.54) is 6.92 Å². The molecular formula is C5H8F2O3. The SMILES string of the molecule is CC1OCC(F)OC1OF. The predicted molar refractivity (Wildman–Crippen MR) is 27.4 cm³/mol. The van der Waals surface area contributed by atoms with Crippen molar-refractivity contribution in [3.63, 3.8) is 0 Å². The van der Waals surface area contributed by atoms with Gasteiger partial charge in [-0.25, -0.2) is 4.39 Å². The van der Waals surface area contributed by atoms with Crippen molar-refractivity contribution in [3.05, 3.63) is 0 Å². The van der Waals surface area contributed by atoms with Crippen molar-refractivity contribution in [3.8, 4) is 0 Å². The van der Waals surface area contributed by atoms with Gasteiger partial charge in [0.15, 0.2) is 0 Å². The van der Waals surface area contributed by atoms with Gasteiger partial charge in [0.1, 0.15) is 12.7 Å². The molecule has 0 saturated carbocycles. The van der Waals surface area contributed by atoms with Crippen LogP contribution in [0.2, 0.25) is 0 Å². The second-order valence-electron chi connectivity index (χ2n) is 2.04. The first-order valence-corrected chi connectivity index (χ1v) is 2.92. The van der Waals surface area contributed by atoms with Crippen molar-refractivity contribution >= 4 is 0 Å². The third-order valence-corrected chi connectivity index (χ3v) is 1.24. The standard InChI is InChI=1S/C5H8F2O3/c1-3-5(10-7)9-4(6)2-8-3/h3-5H,2H2,1H3. The first-order chi connectivity index (χ1) is 4.74. The summed E-state index contributed by atoms with van der Waals surface area (Å²) in [5, 5.41) is 0. The van der Waals surface area contributed by atoms with E-state index in [1.54, 1.807) is 0 Å². The number of rotatable bonds is 1. The molecule has 60 valence electrons. The van der Waals surface area contributed by atoms with Crippen LogP contribution in [0.1, 0.15) is 6.92 Å². The van der Waals surface area contributed by atoms with Crippen LogP contribution in [0.15, 0.2) is 0 Å². The first kappa shape index (κ1) is 7.84. The first-order valence-electron chi connectivity index (χ1n) is 2.92. The number of halogens is 2. The van der Waals surface area contributed by atoms with E-state index in [9.17, 15) is 8.92 Å². The molecule has 5 heteroatoms. The van der Waals surface area contributed by atoms with Crippen LogP contribution in [-0.4, -0.2) is 25.4 Å². The Labute approximate surface area is 56.8 Å². The van der Waals surface area contributed by atoms with Crippen LogP contribution in [0.4, 0.5) is 8.92 Å². The van der Waals surface area contributed by atoms with Crippen LogP contribution in [0.3, 0.4) is 0 Å². The van der Waals surface area contributed by atoms with Crippen LogP contribution < -0.4 is 0 Å². The second kappa shape index (κ2) is 3.23. The van der Waals surface area contributed by atoms with Gasteiger partial charge in [0.05, 0.1) is 0 Å². The average molecular weight is 154 g/mol. The molecule has 0 aromatic heterocycles. The molecule has 0 spiro atoms. The molecule has 1 aliphatic heterocycles. The molecule has 0 radical (unpaired) electrons. The Morgan fingerprint density at radius 1 is 1.60 bits per heavy atom. The Hall–Kier alpha value is -0.260. The molecule has 3 atom stereocenters. The summed E-state index contributed by atoms with van der Waals surface area (Å²) in [5.41, 5.74) is 0. The van der Waals surface area contributed by atoms with E-state index in [-0.39, 0.29) is 6.61 Å². The topological polar surface area (TPSA) is 27.7 Å². The fourth-order valence-electron chi connectivity index (χ4n) is 0.695. The number of alkyl halides is 1. The Kier molecular flexibility index (Phi) is 2.53. The minimum absolute atomic E-state index is 0.166. The Bertz CT molecular complexity index is 111. The van der Waals surface area contributed by atoms with Gasteiger partial charge in [-0.3, -0.25) is 0 Å². The fraction of sp³-hybridized carbons (Fsp3) is 1.00. The van der Waals surface area contributed by atoms with Crippen LogP contribution >= 0.6 is 0 Å². The lowest BCUT2D eigenvalue weighted by Crippen LogP contribution is -2.40. The van der Waals surface area contributed by atoms with Crippen LogP contribution in [0, 0.1) is 0 Å². The van der Waals surface area contributed by atoms with Crippen molar-refractivity contribution in [1.29, 1.82) is 0 Å².